The maximum atomic E-state index is 12.0. The van der Waals surface area contributed by atoms with Crippen LogP contribution in [-0.2, 0) is 9.59 Å². The highest BCUT2D eigenvalue weighted by Crippen LogP contribution is 2.19. The lowest BCUT2D eigenvalue weighted by Crippen LogP contribution is -3.11. The lowest BCUT2D eigenvalue weighted by Gasteiger charge is -2.14. The Balaban J connectivity index is 2.44. The van der Waals surface area contributed by atoms with Gasteiger partial charge in [0.2, 0.25) is 0 Å². The number of likely N-dealkylation sites (N-methyl/N-ethyl adjacent to an activating group) is 1. The van der Waals surface area contributed by atoms with Crippen LogP contribution in [0.3, 0.4) is 0 Å². The largest absolute Gasteiger partial charge is 0.338 e. The van der Waals surface area contributed by atoms with Gasteiger partial charge in [-0.25, -0.2) is 4.79 Å². The van der Waals surface area contributed by atoms with Crippen LogP contribution in [0.15, 0.2) is 22.7 Å². The van der Waals surface area contributed by atoms with Crippen molar-refractivity contribution in [2.75, 3.05) is 32.0 Å². The minimum absolute atomic E-state index is 0.0316. The van der Waals surface area contributed by atoms with Gasteiger partial charge in [0, 0.05) is 16.7 Å². The second kappa shape index (κ2) is 9.26. The number of halogens is 1. The number of hydrogen-bond donors (Lipinski definition) is 4. The second-order valence-corrected chi connectivity index (χ2v) is 6.14. The first-order chi connectivity index (χ1) is 10.8. The maximum absolute atomic E-state index is 12.0. The summed E-state index contributed by atoms with van der Waals surface area (Å²) in [6.45, 7) is 4.26. The Morgan fingerprint density at radius 2 is 1.83 bits per heavy atom. The van der Waals surface area contributed by atoms with Gasteiger partial charge in [0.05, 0.1) is 7.05 Å². The van der Waals surface area contributed by atoms with Gasteiger partial charge >= 0.3 is 6.03 Å². The molecule has 0 aromatic heterocycles. The lowest BCUT2D eigenvalue weighted by molar-refractivity contribution is -0.862. The van der Waals surface area contributed by atoms with Crippen molar-refractivity contribution in [1.29, 1.82) is 0 Å². The normalized spacial score (nSPS) is 11.5. The highest BCUT2D eigenvalue weighted by Gasteiger charge is 2.16. The van der Waals surface area contributed by atoms with E-state index < -0.39 is 11.9 Å². The molecule has 0 fully saturated rings. The third-order valence-electron chi connectivity index (χ3n) is 2.98. The summed E-state index contributed by atoms with van der Waals surface area (Å²) < 4.78 is 0.942. The van der Waals surface area contributed by atoms with Crippen molar-refractivity contribution in [1.82, 2.24) is 10.6 Å². The Labute approximate surface area is 143 Å². The van der Waals surface area contributed by atoms with Crippen molar-refractivity contribution in [3.05, 3.63) is 28.2 Å². The minimum atomic E-state index is -0.528. The van der Waals surface area contributed by atoms with Gasteiger partial charge in [-0.3, -0.25) is 14.9 Å². The highest BCUT2D eigenvalue weighted by molar-refractivity contribution is 9.10. The second-order valence-electron chi connectivity index (χ2n) is 5.23. The number of nitrogens with one attached hydrogen (secondary N) is 4. The molecule has 4 N–H and O–H groups in total. The number of amides is 4. The third kappa shape index (κ3) is 7.25. The van der Waals surface area contributed by atoms with E-state index in [1.54, 1.807) is 14.0 Å². The van der Waals surface area contributed by atoms with Crippen molar-refractivity contribution in [3.8, 4) is 0 Å². The molecule has 23 heavy (non-hydrogen) atoms. The van der Waals surface area contributed by atoms with Crippen molar-refractivity contribution >= 4 is 39.5 Å². The molecule has 0 spiro atoms. The zero-order chi connectivity index (χ0) is 17.4. The maximum Gasteiger partial charge on any atom is 0.321 e. The molecule has 0 saturated carbocycles. The summed E-state index contributed by atoms with van der Waals surface area (Å²) in [6.07, 6.45) is 0. The number of benzene rings is 1. The Hall–Kier alpha value is -1.93. The van der Waals surface area contributed by atoms with Crippen molar-refractivity contribution < 1.29 is 19.3 Å². The number of carbonyl (C=O) groups is 3. The molecule has 0 aliphatic rings. The number of urea groups is 1. The van der Waals surface area contributed by atoms with E-state index in [2.05, 4.69) is 31.9 Å². The molecule has 1 aromatic carbocycles. The minimum Gasteiger partial charge on any atom is -0.338 e. The zero-order valence-corrected chi connectivity index (χ0v) is 15.0. The van der Waals surface area contributed by atoms with Crippen LogP contribution >= 0.6 is 15.9 Å². The lowest BCUT2D eigenvalue weighted by atomic mass is 10.2. The molecule has 0 radical (unpaired) electrons. The van der Waals surface area contributed by atoms with Gasteiger partial charge in [-0.1, -0.05) is 15.9 Å². The topological polar surface area (TPSA) is 91.7 Å². The van der Waals surface area contributed by atoms with Crippen LogP contribution < -0.4 is 20.9 Å². The Morgan fingerprint density at radius 3 is 2.43 bits per heavy atom. The van der Waals surface area contributed by atoms with Crippen molar-refractivity contribution in [3.63, 3.8) is 0 Å². The molecule has 0 aliphatic heterocycles. The fraction of sp³-hybridized carbons (Fsp3) is 0.400. The Morgan fingerprint density at radius 1 is 1.17 bits per heavy atom. The van der Waals surface area contributed by atoms with Crippen molar-refractivity contribution in [2.45, 2.75) is 13.8 Å². The molecular weight excluding hydrogens is 364 g/mol. The Bertz CT molecular complexity index is 592. The van der Waals surface area contributed by atoms with E-state index in [0.717, 1.165) is 15.7 Å². The van der Waals surface area contributed by atoms with Crippen LogP contribution in [0.4, 0.5) is 10.5 Å². The summed E-state index contributed by atoms with van der Waals surface area (Å²) in [5.41, 5.74) is 1.68. The molecule has 126 valence electrons. The molecular formula is C15H22BrN4O3+. The first kappa shape index (κ1) is 19.1. The summed E-state index contributed by atoms with van der Waals surface area (Å²) in [7, 11) is 1.71. The SMILES string of the molecule is CCNC(=O)NC(=O)C[NH+](C)CC(=O)Nc1ccc(Br)cc1C. The number of rotatable bonds is 6. The fourth-order valence-corrected chi connectivity index (χ4v) is 2.42. The van der Waals surface area contributed by atoms with Gasteiger partial charge in [-0.05, 0) is 37.6 Å². The van der Waals surface area contributed by atoms with Crippen LogP contribution in [-0.4, -0.2) is 44.5 Å². The number of quaternary nitrogens is 1. The van der Waals surface area contributed by atoms with Gasteiger partial charge in [0.1, 0.15) is 0 Å². The molecule has 1 rings (SSSR count). The molecule has 1 unspecified atom stereocenters. The molecule has 0 aliphatic carbocycles. The first-order valence-electron chi connectivity index (χ1n) is 7.26. The molecule has 0 saturated heterocycles. The van der Waals surface area contributed by atoms with Crippen LogP contribution in [0.25, 0.3) is 0 Å². The average molecular weight is 386 g/mol. The van der Waals surface area contributed by atoms with Crippen LogP contribution in [0.5, 0.6) is 0 Å². The van der Waals surface area contributed by atoms with E-state index in [0.29, 0.717) is 11.4 Å². The highest BCUT2D eigenvalue weighted by atomic mass is 79.9. The predicted octanol–water partition coefficient (Wildman–Crippen LogP) is 0.0564. The number of anilines is 1. The predicted molar refractivity (Wildman–Crippen MR) is 91.3 cm³/mol. The standard InChI is InChI=1S/C15H21BrN4O3/c1-4-17-15(23)19-14(22)9-20(3)8-13(21)18-12-6-5-11(16)7-10(12)2/h5-7H,4,8-9H2,1-3H3,(H,18,21)(H2,17,19,22,23)/p+1. The van der Waals surface area contributed by atoms with Gasteiger partial charge < -0.3 is 15.5 Å². The van der Waals surface area contributed by atoms with Crippen molar-refractivity contribution in [2.24, 2.45) is 0 Å². The summed E-state index contributed by atoms with van der Waals surface area (Å²) in [5, 5.41) is 7.48. The molecule has 1 atom stereocenters. The van der Waals surface area contributed by atoms with Crippen LogP contribution in [0.1, 0.15) is 12.5 Å². The summed E-state index contributed by atoms with van der Waals surface area (Å²) in [4.78, 5) is 35.6. The molecule has 1 aromatic rings. The molecule has 7 nitrogen and oxygen atoms in total. The van der Waals surface area contributed by atoms with E-state index in [4.69, 9.17) is 0 Å². The van der Waals surface area contributed by atoms with Gasteiger partial charge in [0.25, 0.3) is 11.8 Å². The molecule has 0 heterocycles. The monoisotopic (exact) mass is 385 g/mol. The van der Waals surface area contributed by atoms with E-state index >= 15 is 0 Å². The summed E-state index contributed by atoms with van der Waals surface area (Å²) in [6, 6.07) is 5.04. The van der Waals surface area contributed by atoms with E-state index in [1.165, 1.54) is 0 Å². The van der Waals surface area contributed by atoms with E-state index in [1.807, 2.05) is 25.1 Å². The summed E-state index contributed by atoms with van der Waals surface area (Å²) >= 11 is 3.37. The van der Waals surface area contributed by atoms with E-state index in [9.17, 15) is 14.4 Å². The molecule has 8 heteroatoms. The van der Waals surface area contributed by atoms with Gasteiger partial charge in [0.15, 0.2) is 13.1 Å². The summed E-state index contributed by atoms with van der Waals surface area (Å²) in [5.74, 6) is -0.625. The number of carbonyl (C=O) groups excluding carboxylic acids is 3. The number of aryl methyl sites for hydroxylation is 1. The Kier molecular flexibility index (Phi) is 7.70. The van der Waals surface area contributed by atoms with E-state index in [-0.39, 0.29) is 19.0 Å². The van der Waals surface area contributed by atoms with Crippen LogP contribution in [0, 0.1) is 6.92 Å². The smallest absolute Gasteiger partial charge is 0.321 e. The van der Waals surface area contributed by atoms with Gasteiger partial charge in [-0.2, -0.15) is 0 Å². The van der Waals surface area contributed by atoms with Crippen LogP contribution in [0.2, 0.25) is 0 Å². The fourth-order valence-electron chi connectivity index (χ4n) is 1.95. The third-order valence-corrected chi connectivity index (χ3v) is 3.47. The first-order valence-corrected chi connectivity index (χ1v) is 8.06. The number of hydrogen-bond acceptors (Lipinski definition) is 3. The van der Waals surface area contributed by atoms with Gasteiger partial charge in [-0.15, -0.1) is 0 Å². The molecule has 4 amide bonds. The number of imide groups is 1. The average Bonchev–Trinajstić information content (AvgIpc) is 2.41. The quantitative estimate of drug-likeness (QED) is 0.557. The zero-order valence-electron chi connectivity index (χ0n) is 13.5. The molecule has 0 bridgehead atoms.